The van der Waals surface area contributed by atoms with E-state index in [1.807, 2.05) is 10.7 Å². The number of hydrogen-bond donors (Lipinski definition) is 0. The highest BCUT2D eigenvalue weighted by Gasteiger charge is 2.34. The normalized spacial score (nSPS) is 17.7. The van der Waals surface area contributed by atoms with Gasteiger partial charge in [-0.1, -0.05) is 12.1 Å². The first-order valence-corrected chi connectivity index (χ1v) is 10.7. The van der Waals surface area contributed by atoms with Gasteiger partial charge in [-0.3, -0.25) is 14.3 Å². The Morgan fingerprint density at radius 1 is 1.00 bits per heavy atom. The molecule has 1 aliphatic heterocycles. The van der Waals surface area contributed by atoms with E-state index in [0.717, 1.165) is 18.5 Å². The van der Waals surface area contributed by atoms with Crippen LogP contribution < -0.4 is 0 Å². The van der Waals surface area contributed by atoms with E-state index in [1.54, 1.807) is 21.9 Å². The summed E-state index contributed by atoms with van der Waals surface area (Å²) in [5.74, 6) is -0.438. The molecular weight excluding hydrogens is 383 g/mol. The smallest absolute Gasteiger partial charge is 0.274 e. The molecule has 1 saturated heterocycles. The standard InChI is InChI=1S/C23H29FN4O2/c1-23(2,3)28-20(16-9-10-16)15-19(25-28)22(30)27-12-6-11-26(13-14-27)21(29)17-7-4-5-8-18(17)24/h4-5,7-8,15-16H,6,9-14H2,1-3H3. The van der Waals surface area contributed by atoms with E-state index in [4.69, 9.17) is 0 Å². The Kier molecular flexibility index (Phi) is 5.38. The average molecular weight is 413 g/mol. The Balaban J connectivity index is 1.48. The van der Waals surface area contributed by atoms with Crippen molar-refractivity contribution in [2.24, 2.45) is 0 Å². The zero-order valence-electron chi connectivity index (χ0n) is 17.9. The summed E-state index contributed by atoms with van der Waals surface area (Å²) < 4.78 is 16.0. The zero-order valence-corrected chi connectivity index (χ0v) is 17.9. The van der Waals surface area contributed by atoms with Crippen LogP contribution in [0.5, 0.6) is 0 Å². The molecule has 2 aliphatic rings. The first kappa shape index (κ1) is 20.6. The summed E-state index contributed by atoms with van der Waals surface area (Å²) in [4.78, 5) is 29.3. The van der Waals surface area contributed by atoms with Crippen LogP contribution in [-0.2, 0) is 5.54 Å². The van der Waals surface area contributed by atoms with E-state index in [-0.39, 0.29) is 22.9 Å². The van der Waals surface area contributed by atoms with Crippen molar-refractivity contribution in [3.05, 3.63) is 53.1 Å². The van der Waals surface area contributed by atoms with Gasteiger partial charge in [0, 0.05) is 37.8 Å². The van der Waals surface area contributed by atoms with Crippen LogP contribution in [0.15, 0.2) is 30.3 Å². The lowest BCUT2D eigenvalue weighted by atomic mass is 10.1. The third-order valence-electron chi connectivity index (χ3n) is 5.76. The molecule has 1 saturated carbocycles. The molecule has 0 atom stereocenters. The minimum Gasteiger partial charge on any atom is -0.337 e. The summed E-state index contributed by atoms with van der Waals surface area (Å²) in [6, 6.07) is 7.97. The van der Waals surface area contributed by atoms with Gasteiger partial charge in [-0.2, -0.15) is 5.10 Å². The highest BCUT2D eigenvalue weighted by atomic mass is 19.1. The van der Waals surface area contributed by atoms with Crippen molar-refractivity contribution in [3.8, 4) is 0 Å². The van der Waals surface area contributed by atoms with Gasteiger partial charge in [0.05, 0.1) is 11.1 Å². The van der Waals surface area contributed by atoms with E-state index in [2.05, 4.69) is 25.9 Å². The molecule has 0 N–H and O–H groups in total. The molecule has 1 aliphatic carbocycles. The molecule has 7 heteroatoms. The van der Waals surface area contributed by atoms with Crippen molar-refractivity contribution in [2.75, 3.05) is 26.2 Å². The molecule has 4 rings (SSSR count). The van der Waals surface area contributed by atoms with Crippen molar-refractivity contribution >= 4 is 11.8 Å². The van der Waals surface area contributed by atoms with Gasteiger partial charge in [0.25, 0.3) is 11.8 Å². The van der Waals surface area contributed by atoms with Gasteiger partial charge in [0.15, 0.2) is 5.69 Å². The molecule has 2 amide bonds. The fourth-order valence-electron chi connectivity index (χ4n) is 4.00. The van der Waals surface area contributed by atoms with Crippen LogP contribution in [0.25, 0.3) is 0 Å². The monoisotopic (exact) mass is 412 g/mol. The third-order valence-corrected chi connectivity index (χ3v) is 5.76. The fraction of sp³-hybridized carbons (Fsp3) is 0.522. The van der Waals surface area contributed by atoms with Crippen molar-refractivity contribution in [3.63, 3.8) is 0 Å². The minimum absolute atomic E-state index is 0.0790. The molecule has 0 unspecified atom stereocenters. The predicted molar refractivity (Wildman–Crippen MR) is 112 cm³/mol. The quantitative estimate of drug-likeness (QED) is 0.773. The molecule has 160 valence electrons. The number of nitrogens with zero attached hydrogens (tertiary/aromatic N) is 4. The number of aromatic nitrogens is 2. The first-order chi connectivity index (χ1) is 14.3. The van der Waals surface area contributed by atoms with Gasteiger partial charge in [0.2, 0.25) is 0 Å². The van der Waals surface area contributed by atoms with E-state index in [9.17, 15) is 14.0 Å². The minimum atomic E-state index is -0.514. The van der Waals surface area contributed by atoms with Crippen LogP contribution in [0, 0.1) is 5.82 Å². The summed E-state index contributed by atoms with van der Waals surface area (Å²) in [7, 11) is 0. The summed E-state index contributed by atoms with van der Waals surface area (Å²) in [5.41, 5.74) is 1.51. The number of halogens is 1. The third kappa shape index (κ3) is 4.11. The largest absolute Gasteiger partial charge is 0.337 e. The maximum Gasteiger partial charge on any atom is 0.274 e. The Morgan fingerprint density at radius 3 is 2.23 bits per heavy atom. The van der Waals surface area contributed by atoms with E-state index >= 15 is 0 Å². The van der Waals surface area contributed by atoms with Crippen LogP contribution in [-0.4, -0.2) is 57.6 Å². The molecule has 1 aromatic carbocycles. The Bertz CT molecular complexity index is 958. The Labute approximate surface area is 176 Å². The summed E-state index contributed by atoms with van der Waals surface area (Å²) in [6.45, 7) is 8.14. The first-order valence-electron chi connectivity index (χ1n) is 10.7. The molecule has 2 heterocycles. The number of carbonyl (C=O) groups is 2. The molecule has 1 aromatic heterocycles. The van der Waals surface area contributed by atoms with Crippen LogP contribution in [0.3, 0.4) is 0 Å². The number of carbonyl (C=O) groups excluding carboxylic acids is 2. The highest BCUT2D eigenvalue weighted by molar-refractivity contribution is 5.95. The molecule has 2 aromatic rings. The second-order valence-electron chi connectivity index (χ2n) is 9.23. The number of rotatable bonds is 3. The summed E-state index contributed by atoms with van der Waals surface area (Å²) in [6.07, 6.45) is 2.94. The average Bonchev–Trinajstić information content (AvgIpc) is 3.49. The molecule has 30 heavy (non-hydrogen) atoms. The fourth-order valence-corrected chi connectivity index (χ4v) is 4.00. The lowest BCUT2D eigenvalue weighted by molar-refractivity contribution is 0.0712. The van der Waals surface area contributed by atoms with Crippen molar-refractivity contribution in [2.45, 2.75) is 51.5 Å². The lowest BCUT2D eigenvalue weighted by Crippen LogP contribution is -2.38. The van der Waals surface area contributed by atoms with Crippen LogP contribution in [0.2, 0.25) is 0 Å². The maximum atomic E-state index is 14.0. The van der Waals surface area contributed by atoms with Crippen molar-refractivity contribution in [1.82, 2.24) is 19.6 Å². The zero-order chi connectivity index (χ0) is 21.5. The topological polar surface area (TPSA) is 58.4 Å². The number of hydrogen-bond acceptors (Lipinski definition) is 3. The maximum absolute atomic E-state index is 14.0. The Hall–Kier alpha value is -2.70. The predicted octanol–water partition coefficient (Wildman–Crippen LogP) is 3.64. The van der Waals surface area contributed by atoms with Gasteiger partial charge in [-0.25, -0.2) is 4.39 Å². The van der Waals surface area contributed by atoms with Crippen molar-refractivity contribution in [1.29, 1.82) is 0 Å². The number of benzene rings is 1. The van der Waals surface area contributed by atoms with E-state index in [1.165, 1.54) is 12.1 Å². The molecule has 6 nitrogen and oxygen atoms in total. The van der Waals surface area contributed by atoms with E-state index < -0.39 is 5.82 Å². The van der Waals surface area contributed by atoms with E-state index in [0.29, 0.717) is 44.2 Å². The molecule has 0 spiro atoms. The molecule has 2 fully saturated rings. The van der Waals surface area contributed by atoms with Crippen LogP contribution >= 0.6 is 0 Å². The summed E-state index contributed by atoms with van der Waals surface area (Å²) in [5, 5.41) is 4.66. The lowest BCUT2D eigenvalue weighted by Gasteiger charge is -2.23. The van der Waals surface area contributed by atoms with Gasteiger partial charge in [0.1, 0.15) is 5.82 Å². The second-order valence-corrected chi connectivity index (χ2v) is 9.23. The number of amides is 2. The second kappa shape index (κ2) is 7.85. The molecule has 0 radical (unpaired) electrons. The van der Waals surface area contributed by atoms with Crippen LogP contribution in [0.4, 0.5) is 4.39 Å². The SMILES string of the molecule is CC(C)(C)n1nc(C(=O)N2CCCN(C(=O)c3ccccc3F)CC2)cc1C1CC1. The molecular formula is C23H29FN4O2. The molecule has 0 bridgehead atoms. The van der Waals surface area contributed by atoms with Gasteiger partial charge >= 0.3 is 0 Å². The Morgan fingerprint density at radius 2 is 1.63 bits per heavy atom. The summed E-state index contributed by atoms with van der Waals surface area (Å²) >= 11 is 0. The van der Waals surface area contributed by atoms with Crippen LogP contribution in [0.1, 0.15) is 72.5 Å². The van der Waals surface area contributed by atoms with Crippen molar-refractivity contribution < 1.29 is 14.0 Å². The highest BCUT2D eigenvalue weighted by Crippen LogP contribution is 2.41. The van der Waals surface area contributed by atoms with Gasteiger partial charge < -0.3 is 9.80 Å². The van der Waals surface area contributed by atoms with Gasteiger partial charge in [-0.15, -0.1) is 0 Å². The van der Waals surface area contributed by atoms with Gasteiger partial charge in [-0.05, 0) is 58.2 Å².